The van der Waals surface area contributed by atoms with Crippen LogP contribution >= 0.6 is 34.3 Å². The van der Waals surface area contributed by atoms with E-state index in [9.17, 15) is 0 Å². The Labute approximate surface area is 132 Å². The van der Waals surface area contributed by atoms with E-state index >= 15 is 0 Å². The fourth-order valence-electron chi connectivity index (χ4n) is 2.61. The highest BCUT2D eigenvalue weighted by Crippen LogP contribution is 2.34. The van der Waals surface area contributed by atoms with E-state index in [-0.39, 0.29) is 6.04 Å². The summed E-state index contributed by atoms with van der Waals surface area (Å²) < 4.78 is 6.63. The van der Waals surface area contributed by atoms with Crippen molar-refractivity contribution in [2.24, 2.45) is 0 Å². The predicted octanol–water partition coefficient (Wildman–Crippen LogP) is 4.71. The van der Waals surface area contributed by atoms with Crippen molar-refractivity contribution in [2.75, 3.05) is 6.61 Å². The van der Waals surface area contributed by atoms with Crippen LogP contribution in [0.2, 0.25) is 4.34 Å². The van der Waals surface area contributed by atoms with Crippen LogP contribution in [0.1, 0.15) is 35.6 Å². The third-order valence-electron chi connectivity index (χ3n) is 3.66. The number of hydrogen-bond donors (Lipinski definition) is 1. The van der Waals surface area contributed by atoms with E-state index in [1.807, 2.05) is 6.07 Å². The van der Waals surface area contributed by atoms with Crippen molar-refractivity contribution >= 4 is 34.3 Å². The van der Waals surface area contributed by atoms with Gasteiger partial charge in [-0.25, -0.2) is 0 Å². The second kappa shape index (κ2) is 6.58. The van der Waals surface area contributed by atoms with Crippen molar-refractivity contribution in [2.45, 2.75) is 38.0 Å². The highest BCUT2D eigenvalue weighted by Gasteiger charge is 2.26. The zero-order valence-corrected chi connectivity index (χ0v) is 13.7. The van der Waals surface area contributed by atoms with Crippen molar-refractivity contribution < 1.29 is 4.74 Å². The standard InChI is InChI=1S/C15H18ClNOS2/c1-10(11-4-2-8-18-11)17-15(12-5-3-9-19-12)13-6-7-14(16)20-13/h3,5-7,9-11,15,17H,2,4,8H2,1H3. The van der Waals surface area contributed by atoms with Crippen LogP contribution < -0.4 is 5.32 Å². The highest BCUT2D eigenvalue weighted by atomic mass is 35.5. The predicted molar refractivity (Wildman–Crippen MR) is 87.1 cm³/mol. The third kappa shape index (κ3) is 3.26. The zero-order chi connectivity index (χ0) is 13.9. The SMILES string of the molecule is CC(NC(c1cccs1)c1ccc(Cl)s1)C1CCCO1. The lowest BCUT2D eigenvalue weighted by molar-refractivity contribution is 0.0815. The van der Waals surface area contributed by atoms with E-state index in [0.717, 1.165) is 17.4 Å². The molecule has 3 unspecified atom stereocenters. The Bertz CT molecular complexity index is 534. The average molecular weight is 328 g/mol. The molecule has 0 saturated carbocycles. The minimum Gasteiger partial charge on any atom is -0.377 e. The zero-order valence-electron chi connectivity index (χ0n) is 11.3. The van der Waals surface area contributed by atoms with Gasteiger partial charge in [0.05, 0.1) is 16.5 Å². The number of hydrogen-bond acceptors (Lipinski definition) is 4. The van der Waals surface area contributed by atoms with Gasteiger partial charge in [-0.2, -0.15) is 0 Å². The van der Waals surface area contributed by atoms with Crippen LogP contribution in [0.3, 0.4) is 0 Å². The highest BCUT2D eigenvalue weighted by molar-refractivity contribution is 7.16. The molecule has 3 heterocycles. The van der Waals surface area contributed by atoms with E-state index in [2.05, 4.69) is 35.8 Å². The quantitative estimate of drug-likeness (QED) is 0.858. The van der Waals surface area contributed by atoms with E-state index in [0.29, 0.717) is 12.1 Å². The second-order valence-electron chi connectivity index (χ2n) is 5.10. The summed E-state index contributed by atoms with van der Waals surface area (Å²) in [6, 6.07) is 8.92. The number of ether oxygens (including phenoxy) is 1. The van der Waals surface area contributed by atoms with Gasteiger partial charge in [0.1, 0.15) is 0 Å². The first-order chi connectivity index (χ1) is 9.74. The Morgan fingerprint density at radius 2 is 2.25 bits per heavy atom. The average Bonchev–Trinajstić information content (AvgIpc) is 3.17. The molecule has 0 aliphatic carbocycles. The van der Waals surface area contributed by atoms with Gasteiger partial charge in [-0.1, -0.05) is 17.7 Å². The summed E-state index contributed by atoms with van der Waals surface area (Å²) in [5, 5.41) is 5.85. The second-order valence-corrected chi connectivity index (χ2v) is 7.82. The summed E-state index contributed by atoms with van der Waals surface area (Å²) in [5.74, 6) is 0. The Morgan fingerprint density at radius 3 is 2.85 bits per heavy atom. The fourth-order valence-corrected chi connectivity index (χ4v) is 4.63. The van der Waals surface area contributed by atoms with Gasteiger partial charge in [0.2, 0.25) is 0 Å². The van der Waals surface area contributed by atoms with E-state index in [1.165, 1.54) is 16.2 Å². The molecule has 1 aliphatic rings. The van der Waals surface area contributed by atoms with Crippen molar-refractivity contribution in [1.29, 1.82) is 0 Å². The first kappa shape index (κ1) is 14.5. The molecule has 0 aromatic carbocycles. The van der Waals surface area contributed by atoms with Crippen LogP contribution in [0.5, 0.6) is 0 Å². The minimum atomic E-state index is 0.215. The molecule has 0 radical (unpaired) electrons. The normalized spacial score (nSPS) is 22.0. The summed E-state index contributed by atoms with van der Waals surface area (Å²) in [6.45, 7) is 3.11. The van der Waals surface area contributed by atoms with Gasteiger partial charge < -0.3 is 4.74 Å². The molecule has 0 spiro atoms. The summed E-state index contributed by atoms with van der Waals surface area (Å²) in [4.78, 5) is 2.59. The molecule has 0 amide bonds. The van der Waals surface area contributed by atoms with Crippen molar-refractivity contribution in [1.82, 2.24) is 5.32 Å². The topological polar surface area (TPSA) is 21.3 Å². The van der Waals surface area contributed by atoms with Crippen LogP contribution in [0.15, 0.2) is 29.6 Å². The van der Waals surface area contributed by atoms with Gasteiger partial charge in [-0.3, -0.25) is 5.32 Å². The summed E-state index contributed by atoms with van der Waals surface area (Å²) >= 11 is 9.53. The van der Waals surface area contributed by atoms with Crippen molar-refractivity contribution in [3.63, 3.8) is 0 Å². The largest absolute Gasteiger partial charge is 0.377 e. The number of rotatable bonds is 5. The van der Waals surface area contributed by atoms with Crippen LogP contribution in [-0.4, -0.2) is 18.8 Å². The number of halogens is 1. The molecule has 1 fully saturated rings. The molecule has 5 heteroatoms. The van der Waals surface area contributed by atoms with E-state index in [1.54, 1.807) is 22.7 Å². The van der Waals surface area contributed by atoms with Gasteiger partial charge in [-0.15, -0.1) is 22.7 Å². The summed E-state index contributed by atoms with van der Waals surface area (Å²) in [7, 11) is 0. The Kier molecular flexibility index (Phi) is 4.79. The number of thiophene rings is 2. The maximum Gasteiger partial charge on any atom is 0.0931 e. The van der Waals surface area contributed by atoms with Crippen LogP contribution in [0, 0.1) is 0 Å². The monoisotopic (exact) mass is 327 g/mol. The van der Waals surface area contributed by atoms with Gasteiger partial charge in [0.25, 0.3) is 0 Å². The lowest BCUT2D eigenvalue weighted by Gasteiger charge is -2.25. The first-order valence-electron chi connectivity index (χ1n) is 6.90. The molecule has 3 atom stereocenters. The van der Waals surface area contributed by atoms with Gasteiger partial charge in [0.15, 0.2) is 0 Å². The minimum absolute atomic E-state index is 0.215. The lowest BCUT2D eigenvalue weighted by atomic mass is 10.1. The van der Waals surface area contributed by atoms with Gasteiger partial charge in [-0.05, 0) is 43.3 Å². The molecule has 1 saturated heterocycles. The maximum absolute atomic E-state index is 6.10. The molecule has 20 heavy (non-hydrogen) atoms. The van der Waals surface area contributed by atoms with Crippen molar-refractivity contribution in [3.8, 4) is 0 Å². The molecule has 108 valence electrons. The Balaban J connectivity index is 1.79. The van der Waals surface area contributed by atoms with Crippen LogP contribution in [0.25, 0.3) is 0 Å². The number of nitrogens with one attached hydrogen (secondary N) is 1. The molecular formula is C15H18ClNOS2. The third-order valence-corrected chi connectivity index (χ3v) is 5.89. The Morgan fingerprint density at radius 1 is 1.35 bits per heavy atom. The lowest BCUT2D eigenvalue weighted by Crippen LogP contribution is -2.39. The molecule has 2 aromatic rings. The molecule has 2 aromatic heterocycles. The van der Waals surface area contributed by atoms with E-state index < -0.39 is 0 Å². The maximum atomic E-state index is 6.10. The Hall–Kier alpha value is -0.390. The van der Waals surface area contributed by atoms with Crippen LogP contribution in [-0.2, 0) is 4.74 Å². The molecule has 1 N–H and O–H groups in total. The molecule has 1 aliphatic heterocycles. The van der Waals surface area contributed by atoms with Crippen molar-refractivity contribution in [3.05, 3.63) is 43.7 Å². The molecular weight excluding hydrogens is 310 g/mol. The van der Waals surface area contributed by atoms with Gasteiger partial charge in [0, 0.05) is 22.4 Å². The van der Waals surface area contributed by atoms with Crippen LogP contribution in [0.4, 0.5) is 0 Å². The fraction of sp³-hybridized carbons (Fsp3) is 0.467. The summed E-state index contributed by atoms with van der Waals surface area (Å²) in [5.41, 5.74) is 0. The van der Waals surface area contributed by atoms with Gasteiger partial charge >= 0.3 is 0 Å². The van der Waals surface area contributed by atoms with E-state index in [4.69, 9.17) is 16.3 Å². The molecule has 0 bridgehead atoms. The summed E-state index contributed by atoms with van der Waals surface area (Å²) in [6.07, 6.45) is 2.65. The molecule has 3 rings (SSSR count). The smallest absolute Gasteiger partial charge is 0.0931 e. The first-order valence-corrected chi connectivity index (χ1v) is 8.98. The molecule has 2 nitrogen and oxygen atoms in total.